The molecule has 26 heavy (non-hydrogen) atoms. The summed E-state index contributed by atoms with van der Waals surface area (Å²) >= 11 is 0. The van der Waals surface area contributed by atoms with Crippen LogP contribution in [0, 0.1) is 0 Å². The average Bonchev–Trinajstić information content (AvgIpc) is 2.58. The maximum absolute atomic E-state index is 12.6. The van der Waals surface area contributed by atoms with Gasteiger partial charge in [0.05, 0.1) is 0 Å². The summed E-state index contributed by atoms with van der Waals surface area (Å²) in [5, 5.41) is 0. The predicted molar refractivity (Wildman–Crippen MR) is 107 cm³/mol. The van der Waals surface area contributed by atoms with Gasteiger partial charge in [-0.3, -0.25) is 4.90 Å². The molecule has 0 atom stereocenters. The summed E-state index contributed by atoms with van der Waals surface area (Å²) in [6.07, 6.45) is 4.86. The Hall–Kier alpha value is -1.62. The number of aromatic nitrogens is 1. The quantitative estimate of drug-likeness (QED) is 0.720. The van der Waals surface area contributed by atoms with Crippen LogP contribution in [-0.2, 0) is 17.6 Å². The summed E-state index contributed by atoms with van der Waals surface area (Å²) in [5.41, 5.74) is 1.72. The van der Waals surface area contributed by atoms with Crippen LogP contribution in [0.1, 0.15) is 65.1 Å². The third-order valence-corrected chi connectivity index (χ3v) is 4.61. The fourth-order valence-corrected chi connectivity index (χ4v) is 3.34. The number of hydrogen-bond acceptors (Lipinski definition) is 4. The zero-order chi connectivity index (χ0) is 19.2. The number of anilines is 1. The van der Waals surface area contributed by atoms with E-state index in [0.717, 1.165) is 62.4 Å². The van der Waals surface area contributed by atoms with Gasteiger partial charge < -0.3 is 9.64 Å². The van der Waals surface area contributed by atoms with E-state index in [-0.39, 0.29) is 6.09 Å². The molecule has 5 nitrogen and oxygen atoms in total. The van der Waals surface area contributed by atoms with Crippen molar-refractivity contribution in [3.63, 3.8) is 0 Å². The van der Waals surface area contributed by atoms with Crippen molar-refractivity contribution in [2.75, 3.05) is 31.1 Å². The molecule has 0 saturated carbocycles. The molecule has 5 heteroatoms. The highest BCUT2D eigenvalue weighted by Gasteiger charge is 2.28. The van der Waals surface area contributed by atoms with Gasteiger partial charge in [-0.05, 0) is 84.1 Å². The summed E-state index contributed by atoms with van der Waals surface area (Å²) in [7, 11) is 0. The third kappa shape index (κ3) is 5.97. The van der Waals surface area contributed by atoms with Crippen molar-refractivity contribution < 1.29 is 9.53 Å². The zero-order valence-electron chi connectivity index (χ0n) is 17.2. The van der Waals surface area contributed by atoms with E-state index in [2.05, 4.69) is 30.9 Å². The lowest BCUT2D eigenvalue weighted by Gasteiger charge is -2.31. The Bertz CT molecular complexity index is 595. The van der Waals surface area contributed by atoms with E-state index < -0.39 is 5.60 Å². The van der Waals surface area contributed by atoms with Gasteiger partial charge in [0.2, 0.25) is 0 Å². The van der Waals surface area contributed by atoms with E-state index in [1.807, 2.05) is 20.8 Å². The first-order valence-corrected chi connectivity index (χ1v) is 10.1. The van der Waals surface area contributed by atoms with Crippen LogP contribution in [0.15, 0.2) is 12.1 Å². The summed E-state index contributed by atoms with van der Waals surface area (Å²) in [6.45, 7) is 14.2. The smallest absolute Gasteiger partial charge is 0.416 e. The maximum atomic E-state index is 12.6. The molecule has 0 N–H and O–H groups in total. The van der Waals surface area contributed by atoms with Crippen LogP contribution in [-0.4, -0.2) is 47.8 Å². The van der Waals surface area contributed by atoms with E-state index in [1.54, 1.807) is 4.90 Å². The van der Waals surface area contributed by atoms with Gasteiger partial charge in [-0.1, -0.05) is 19.9 Å². The molecule has 2 heterocycles. The molecule has 1 aliphatic rings. The van der Waals surface area contributed by atoms with Crippen LogP contribution in [0.25, 0.3) is 0 Å². The van der Waals surface area contributed by atoms with Crippen molar-refractivity contribution in [2.45, 2.75) is 72.3 Å². The fraction of sp³-hybridized carbons (Fsp3) is 0.714. The Balaban J connectivity index is 2.04. The first-order valence-electron chi connectivity index (χ1n) is 10.1. The molecule has 0 aliphatic carbocycles. The number of carbonyl (C=O) groups is 1. The zero-order valence-corrected chi connectivity index (χ0v) is 17.2. The maximum Gasteiger partial charge on any atom is 0.416 e. The topological polar surface area (TPSA) is 45.7 Å². The number of pyridine rings is 1. The summed E-state index contributed by atoms with van der Waals surface area (Å²) in [4.78, 5) is 21.6. The number of fused-ring (bicyclic) bond motifs is 1. The van der Waals surface area contributed by atoms with Crippen LogP contribution in [0.2, 0.25) is 0 Å². The molecule has 1 aromatic rings. The number of ether oxygens (including phenoxy) is 1. The van der Waals surface area contributed by atoms with Gasteiger partial charge in [0.1, 0.15) is 11.4 Å². The highest BCUT2D eigenvalue weighted by atomic mass is 16.6. The number of amides is 1. The van der Waals surface area contributed by atoms with Gasteiger partial charge in [0.25, 0.3) is 0 Å². The minimum atomic E-state index is -0.491. The van der Waals surface area contributed by atoms with E-state index in [4.69, 9.17) is 9.72 Å². The first-order chi connectivity index (χ1) is 12.3. The number of rotatable bonds is 7. The van der Waals surface area contributed by atoms with Gasteiger partial charge in [-0.15, -0.1) is 0 Å². The van der Waals surface area contributed by atoms with Crippen LogP contribution >= 0.6 is 0 Å². The molecule has 0 saturated heterocycles. The van der Waals surface area contributed by atoms with Gasteiger partial charge >= 0.3 is 6.09 Å². The van der Waals surface area contributed by atoms with Crippen molar-refractivity contribution >= 4 is 11.9 Å². The molecular formula is C21H35N3O2. The van der Waals surface area contributed by atoms with E-state index >= 15 is 0 Å². The lowest BCUT2D eigenvalue weighted by Crippen LogP contribution is -2.40. The highest BCUT2D eigenvalue weighted by Crippen LogP contribution is 2.27. The van der Waals surface area contributed by atoms with Crippen molar-refractivity contribution in [3.05, 3.63) is 23.4 Å². The molecule has 0 aromatic carbocycles. The van der Waals surface area contributed by atoms with Crippen molar-refractivity contribution in [2.24, 2.45) is 0 Å². The number of carbonyl (C=O) groups excluding carboxylic acids is 1. The summed E-state index contributed by atoms with van der Waals surface area (Å²) in [6, 6.07) is 4.26. The highest BCUT2D eigenvalue weighted by molar-refractivity contribution is 5.88. The van der Waals surface area contributed by atoms with Crippen LogP contribution < -0.4 is 4.90 Å². The number of nitrogens with zero attached hydrogens (tertiary/aromatic N) is 3. The molecular weight excluding hydrogens is 326 g/mol. The third-order valence-electron chi connectivity index (χ3n) is 4.61. The van der Waals surface area contributed by atoms with Crippen molar-refractivity contribution in [1.82, 2.24) is 9.88 Å². The van der Waals surface area contributed by atoms with Gasteiger partial charge in [0, 0.05) is 12.2 Å². The normalized spacial score (nSPS) is 14.5. The van der Waals surface area contributed by atoms with Crippen LogP contribution in [0.5, 0.6) is 0 Å². The molecule has 0 bridgehead atoms. The Morgan fingerprint density at radius 3 is 2.69 bits per heavy atom. The molecule has 2 rings (SSSR count). The molecule has 0 radical (unpaired) electrons. The second-order valence-electron chi connectivity index (χ2n) is 8.06. The Kier molecular flexibility index (Phi) is 7.44. The minimum absolute atomic E-state index is 0.289. The van der Waals surface area contributed by atoms with E-state index in [1.165, 1.54) is 6.42 Å². The second kappa shape index (κ2) is 9.36. The minimum Gasteiger partial charge on any atom is -0.443 e. The molecule has 1 aromatic heterocycles. The Morgan fingerprint density at radius 2 is 2.04 bits per heavy atom. The summed E-state index contributed by atoms with van der Waals surface area (Å²) in [5.74, 6) is 0.795. The first kappa shape index (κ1) is 20.7. The second-order valence-corrected chi connectivity index (χ2v) is 8.06. The molecule has 1 aliphatic heterocycles. The molecule has 0 spiro atoms. The van der Waals surface area contributed by atoms with Crippen LogP contribution in [0.4, 0.5) is 10.6 Å². The van der Waals surface area contributed by atoms with Gasteiger partial charge in [-0.2, -0.15) is 0 Å². The molecule has 146 valence electrons. The van der Waals surface area contributed by atoms with E-state index in [0.29, 0.717) is 6.54 Å². The van der Waals surface area contributed by atoms with Crippen molar-refractivity contribution in [3.8, 4) is 0 Å². The summed E-state index contributed by atoms with van der Waals surface area (Å²) < 4.78 is 5.57. The fourth-order valence-electron chi connectivity index (χ4n) is 3.34. The van der Waals surface area contributed by atoms with Crippen molar-refractivity contribution in [1.29, 1.82) is 0 Å². The van der Waals surface area contributed by atoms with Gasteiger partial charge in [-0.25, -0.2) is 9.78 Å². The lowest BCUT2D eigenvalue weighted by atomic mass is 10.0. The average molecular weight is 362 g/mol. The standard InChI is InChI=1S/C21H35N3O2/c1-6-14-23(7-2)15-9-11-18-13-12-17-10-8-16-24(19(17)22-18)20(25)26-21(3,4)5/h12-13H,6-11,14-16H2,1-5H3. The molecule has 0 unspecified atom stereocenters. The Morgan fingerprint density at radius 1 is 1.27 bits per heavy atom. The number of aryl methyl sites for hydroxylation is 2. The van der Waals surface area contributed by atoms with E-state index in [9.17, 15) is 4.79 Å². The van der Waals surface area contributed by atoms with Crippen LogP contribution in [0.3, 0.4) is 0 Å². The predicted octanol–water partition coefficient (Wildman–Crippen LogP) is 4.43. The monoisotopic (exact) mass is 361 g/mol. The molecule has 1 amide bonds. The number of hydrogen-bond donors (Lipinski definition) is 0. The Labute approximate surface area is 158 Å². The largest absolute Gasteiger partial charge is 0.443 e. The lowest BCUT2D eigenvalue weighted by molar-refractivity contribution is 0.0576. The van der Waals surface area contributed by atoms with Gasteiger partial charge in [0.15, 0.2) is 0 Å². The SMILES string of the molecule is CCCN(CC)CCCc1ccc2c(n1)N(C(=O)OC(C)(C)C)CCC2. The molecule has 0 fully saturated rings.